The fourth-order valence-corrected chi connectivity index (χ4v) is 4.33. The van der Waals surface area contributed by atoms with E-state index in [2.05, 4.69) is 0 Å². The minimum atomic E-state index is -0.651. The van der Waals surface area contributed by atoms with Crippen molar-refractivity contribution < 1.29 is 13.9 Å². The lowest BCUT2D eigenvalue weighted by Crippen LogP contribution is -2.38. The summed E-state index contributed by atoms with van der Waals surface area (Å²) in [6.07, 6.45) is 1.54. The molecule has 0 aliphatic rings. The van der Waals surface area contributed by atoms with Gasteiger partial charge >= 0.3 is 0 Å². The van der Waals surface area contributed by atoms with Crippen molar-refractivity contribution in [2.24, 2.45) is 0 Å². The number of rotatable bonds is 8. The second-order valence-electron chi connectivity index (χ2n) is 8.48. The summed E-state index contributed by atoms with van der Waals surface area (Å²) in [4.78, 5) is 33.7. The molecule has 0 spiro atoms. The zero-order valence-corrected chi connectivity index (χ0v) is 21.1. The SMILES string of the molecule is CCCCN(C(=O)c1ccccc1F)C(C)c1nc2cc(Cl)ccc2c(=O)n1-c1ccc(OC)cc1. The van der Waals surface area contributed by atoms with Crippen molar-refractivity contribution in [3.05, 3.63) is 99.3 Å². The molecule has 1 atom stereocenters. The van der Waals surface area contributed by atoms with Crippen molar-refractivity contribution in [1.29, 1.82) is 0 Å². The van der Waals surface area contributed by atoms with Crippen LogP contribution in [0.3, 0.4) is 0 Å². The molecule has 6 nitrogen and oxygen atoms in total. The predicted molar refractivity (Wildman–Crippen MR) is 140 cm³/mol. The molecule has 4 rings (SSSR count). The highest BCUT2D eigenvalue weighted by atomic mass is 35.5. The smallest absolute Gasteiger partial charge is 0.266 e. The second kappa shape index (κ2) is 10.9. The third-order valence-electron chi connectivity index (χ3n) is 6.15. The maximum atomic E-state index is 14.6. The van der Waals surface area contributed by atoms with E-state index in [1.54, 1.807) is 73.5 Å². The van der Waals surface area contributed by atoms with Gasteiger partial charge in [-0.3, -0.25) is 14.2 Å². The van der Waals surface area contributed by atoms with Crippen molar-refractivity contribution in [3.63, 3.8) is 0 Å². The maximum Gasteiger partial charge on any atom is 0.266 e. The number of methoxy groups -OCH3 is 1. The molecular weight excluding hydrogens is 481 g/mol. The molecule has 0 N–H and O–H groups in total. The number of hydrogen-bond donors (Lipinski definition) is 0. The summed E-state index contributed by atoms with van der Waals surface area (Å²) in [6.45, 7) is 4.18. The van der Waals surface area contributed by atoms with Crippen LogP contribution >= 0.6 is 11.6 Å². The van der Waals surface area contributed by atoms with E-state index in [0.29, 0.717) is 46.2 Å². The summed E-state index contributed by atoms with van der Waals surface area (Å²) < 4.78 is 21.3. The van der Waals surface area contributed by atoms with E-state index in [1.165, 1.54) is 16.7 Å². The highest BCUT2D eigenvalue weighted by Gasteiger charge is 2.28. The van der Waals surface area contributed by atoms with Gasteiger partial charge in [-0.05, 0) is 67.9 Å². The Bertz CT molecular complexity index is 1450. The quantitative estimate of drug-likeness (QED) is 0.285. The number of amides is 1. The molecule has 186 valence electrons. The molecule has 0 aliphatic heterocycles. The van der Waals surface area contributed by atoms with Gasteiger partial charge in [0.1, 0.15) is 17.4 Å². The molecule has 36 heavy (non-hydrogen) atoms. The van der Waals surface area contributed by atoms with E-state index >= 15 is 0 Å². The molecule has 3 aromatic carbocycles. The summed E-state index contributed by atoms with van der Waals surface area (Å²) >= 11 is 6.20. The van der Waals surface area contributed by atoms with Crippen LogP contribution in [-0.2, 0) is 0 Å². The van der Waals surface area contributed by atoms with Gasteiger partial charge in [-0.25, -0.2) is 9.37 Å². The van der Waals surface area contributed by atoms with Crippen molar-refractivity contribution in [2.75, 3.05) is 13.7 Å². The molecule has 0 radical (unpaired) electrons. The molecule has 8 heteroatoms. The first-order chi connectivity index (χ1) is 17.3. The Morgan fingerprint density at radius 3 is 2.53 bits per heavy atom. The van der Waals surface area contributed by atoms with Gasteiger partial charge in [0.2, 0.25) is 0 Å². The van der Waals surface area contributed by atoms with Crippen LogP contribution in [0.1, 0.15) is 48.9 Å². The highest BCUT2D eigenvalue weighted by molar-refractivity contribution is 6.31. The molecular formula is C28H27ClFN3O3. The Morgan fingerprint density at radius 1 is 1.14 bits per heavy atom. The maximum absolute atomic E-state index is 14.6. The third-order valence-corrected chi connectivity index (χ3v) is 6.38. The normalized spacial score (nSPS) is 11.9. The van der Waals surface area contributed by atoms with Gasteiger partial charge in [-0.1, -0.05) is 37.1 Å². The highest BCUT2D eigenvalue weighted by Crippen LogP contribution is 2.27. The molecule has 0 bridgehead atoms. The Kier molecular flexibility index (Phi) is 7.70. The number of nitrogens with zero attached hydrogens (tertiary/aromatic N) is 3. The van der Waals surface area contributed by atoms with Gasteiger partial charge in [0.05, 0.1) is 35.3 Å². The summed E-state index contributed by atoms with van der Waals surface area (Å²) in [5.41, 5.74) is 0.675. The van der Waals surface area contributed by atoms with Gasteiger partial charge in [0.25, 0.3) is 11.5 Å². The summed E-state index contributed by atoms with van der Waals surface area (Å²) in [5, 5.41) is 0.840. The number of carbonyl (C=O) groups is 1. The number of unbranched alkanes of at least 4 members (excludes halogenated alkanes) is 1. The van der Waals surface area contributed by atoms with Crippen LogP contribution in [0.2, 0.25) is 5.02 Å². The van der Waals surface area contributed by atoms with Gasteiger partial charge in [-0.2, -0.15) is 0 Å². The number of fused-ring (bicyclic) bond motifs is 1. The fraction of sp³-hybridized carbons (Fsp3) is 0.250. The van der Waals surface area contributed by atoms with Crippen LogP contribution in [0.4, 0.5) is 4.39 Å². The summed E-state index contributed by atoms with van der Waals surface area (Å²) in [6, 6.07) is 17.2. The Balaban J connectivity index is 1.92. The largest absolute Gasteiger partial charge is 0.497 e. The molecule has 1 aromatic heterocycles. The van der Waals surface area contributed by atoms with Crippen LogP contribution in [0.15, 0.2) is 71.5 Å². The van der Waals surface area contributed by atoms with E-state index in [9.17, 15) is 14.0 Å². The average Bonchev–Trinajstić information content (AvgIpc) is 2.88. The van der Waals surface area contributed by atoms with E-state index in [4.69, 9.17) is 21.3 Å². The molecule has 1 amide bonds. The molecule has 0 aliphatic carbocycles. The van der Waals surface area contributed by atoms with E-state index in [0.717, 1.165) is 6.42 Å². The third kappa shape index (κ3) is 4.97. The van der Waals surface area contributed by atoms with Crippen molar-refractivity contribution in [2.45, 2.75) is 32.7 Å². The van der Waals surface area contributed by atoms with Crippen LogP contribution in [-0.4, -0.2) is 34.0 Å². The zero-order chi connectivity index (χ0) is 25.8. The van der Waals surface area contributed by atoms with E-state index in [1.807, 2.05) is 6.92 Å². The average molecular weight is 508 g/mol. The van der Waals surface area contributed by atoms with Gasteiger partial charge < -0.3 is 9.64 Å². The lowest BCUT2D eigenvalue weighted by atomic mass is 10.1. The molecule has 0 saturated heterocycles. The standard InChI is InChI=1S/C28H27ClFN3O3/c1-4-5-16-32(27(34)22-8-6-7-9-24(22)30)18(2)26-31-25-17-19(29)10-15-23(25)28(35)33(26)20-11-13-21(36-3)14-12-20/h6-15,17-18H,4-5,16H2,1-3H3. The van der Waals surface area contributed by atoms with Crippen molar-refractivity contribution in [1.82, 2.24) is 14.5 Å². The number of benzene rings is 3. The minimum absolute atomic E-state index is 0.0253. The molecule has 1 heterocycles. The minimum Gasteiger partial charge on any atom is -0.497 e. The Morgan fingerprint density at radius 2 is 1.86 bits per heavy atom. The first-order valence-electron chi connectivity index (χ1n) is 11.8. The second-order valence-corrected chi connectivity index (χ2v) is 8.91. The lowest BCUT2D eigenvalue weighted by molar-refractivity contribution is 0.0673. The molecule has 0 saturated carbocycles. The zero-order valence-electron chi connectivity index (χ0n) is 20.4. The number of halogens is 2. The van der Waals surface area contributed by atoms with Crippen molar-refractivity contribution in [3.8, 4) is 11.4 Å². The first kappa shape index (κ1) is 25.4. The molecule has 4 aromatic rings. The van der Waals surface area contributed by atoms with Crippen molar-refractivity contribution >= 4 is 28.4 Å². The Hall–Kier alpha value is -3.71. The Labute approximate surface area is 213 Å². The van der Waals surface area contributed by atoms with E-state index < -0.39 is 17.8 Å². The van der Waals surface area contributed by atoms with Gasteiger partial charge in [-0.15, -0.1) is 0 Å². The van der Waals surface area contributed by atoms with Crippen LogP contribution in [0, 0.1) is 5.82 Å². The number of hydrogen-bond acceptors (Lipinski definition) is 4. The van der Waals surface area contributed by atoms with Crippen LogP contribution < -0.4 is 10.3 Å². The van der Waals surface area contributed by atoms with Gasteiger partial charge in [0, 0.05) is 11.6 Å². The summed E-state index contributed by atoms with van der Waals surface area (Å²) in [7, 11) is 1.57. The lowest BCUT2D eigenvalue weighted by Gasteiger charge is -2.31. The van der Waals surface area contributed by atoms with Crippen LogP contribution in [0.25, 0.3) is 16.6 Å². The van der Waals surface area contributed by atoms with E-state index in [-0.39, 0.29) is 11.1 Å². The number of aromatic nitrogens is 2. The van der Waals surface area contributed by atoms with Crippen LogP contribution in [0.5, 0.6) is 5.75 Å². The number of ether oxygens (including phenoxy) is 1. The van der Waals surface area contributed by atoms with Gasteiger partial charge in [0.15, 0.2) is 0 Å². The first-order valence-corrected chi connectivity index (χ1v) is 12.2. The topological polar surface area (TPSA) is 64.4 Å². The monoisotopic (exact) mass is 507 g/mol. The fourth-order valence-electron chi connectivity index (χ4n) is 4.17. The summed E-state index contributed by atoms with van der Waals surface area (Å²) in [5.74, 6) is -0.0697. The number of carbonyl (C=O) groups excluding carboxylic acids is 1. The predicted octanol–water partition coefficient (Wildman–Crippen LogP) is 6.19. The molecule has 0 fully saturated rings. The molecule has 1 unspecified atom stereocenters.